The van der Waals surface area contributed by atoms with E-state index in [-0.39, 0.29) is 5.91 Å². The molecule has 0 spiro atoms. The van der Waals surface area contributed by atoms with Crippen molar-refractivity contribution in [3.8, 4) is 0 Å². The number of carbonyl (C=O) groups excluding carboxylic acids is 1. The highest BCUT2D eigenvalue weighted by Crippen LogP contribution is 1.99. The van der Waals surface area contributed by atoms with Gasteiger partial charge in [0.2, 0.25) is 5.91 Å². The van der Waals surface area contributed by atoms with Crippen molar-refractivity contribution < 1.29 is 9.63 Å². The third-order valence-electron chi connectivity index (χ3n) is 1.23. The van der Waals surface area contributed by atoms with Gasteiger partial charge in [-0.15, -0.1) is 0 Å². The first kappa shape index (κ1) is 7.08. The van der Waals surface area contributed by atoms with Crippen LogP contribution in [0.15, 0.2) is 11.8 Å². The second-order valence-electron chi connectivity index (χ2n) is 2.02. The van der Waals surface area contributed by atoms with Gasteiger partial charge >= 0.3 is 0 Å². The Balaban J connectivity index is 2.49. The van der Waals surface area contributed by atoms with Gasteiger partial charge < -0.3 is 5.32 Å². The third kappa shape index (κ3) is 1.73. The van der Waals surface area contributed by atoms with Crippen molar-refractivity contribution in [2.24, 2.45) is 0 Å². The van der Waals surface area contributed by atoms with Crippen molar-refractivity contribution in [2.75, 3.05) is 13.7 Å². The van der Waals surface area contributed by atoms with Crippen LogP contribution in [0, 0.1) is 0 Å². The van der Waals surface area contributed by atoms with Crippen LogP contribution in [0.1, 0.15) is 6.42 Å². The fourth-order valence-corrected chi connectivity index (χ4v) is 0.813. The number of hydrogen-bond acceptors (Lipinski definition) is 3. The second kappa shape index (κ2) is 3.22. The SMILES string of the molecule is CONC1=CC(=O)NCC1. The van der Waals surface area contributed by atoms with E-state index < -0.39 is 0 Å². The Hall–Kier alpha value is -1.03. The third-order valence-corrected chi connectivity index (χ3v) is 1.23. The predicted octanol–water partition coefficient (Wildman–Crippen LogP) is -0.459. The monoisotopic (exact) mass is 142 g/mol. The van der Waals surface area contributed by atoms with Gasteiger partial charge in [0.05, 0.1) is 7.11 Å². The lowest BCUT2D eigenvalue weighted by Gasteiger charge is -2.13. The molecule has 1 aliphatic rings. The molecule has 10 heavy (non-hydrogen) atoms. The summed E-state index contributed by atoms with van der Waals surface area (Å²) in [5.41, 5.74) is 3.44. The van der Waals surface area contributed by atoms with Crippen LogP contribution in [0.5, 0.6) is 0 Å². The van der Waals surface area contributed by atoms with E-state index in [0.717, 1.165) is 12.1 Å². The molecular weight excluding hydrogens is 132 g/mol. The van der Waals surface area contributed by atoms with E-state index in [1.54, 1.807) is 0 Å². The Labute approximate surface area is 59.2 Å². The van der Waals surface area contributed by atoms with Gasteiger partial charge in [-0.3, -0.25) is 15.1 Å². The molecule has 0 bridgehead atoms. The quantitative estimate of drug-likeness (QED) is 0.513. The topological polar surface area (TPSA) is 50.4 Å². The molecule has 0 saturated carbocycles. The van der Waals surface area contributed by atoms with Crippen molar-refractivity contribution >= 4 is 5.91 Å². The Morgan fingerprint density at radius 1 is 1.80 bits per heavy atom. The smallest absolute Gasteiger partial charge is 0.245 e. The molecule has 0 aromatic carbocycles. The molecule has 2 N–H and O–H groups in total. The zero-order valence-corrected chi connectivity index (χ0v) is 5.81. The largest absolute Gasteiger partial charge is 0.352 e. The first-order valence-electron chi connectivity index (χ1n) is 3.10. The van der Waals surface area contributed by atoms with Gasteiger partial charge in [0.1, 0.15) is 0 Å². The molecular formula is C6H10N2O2. The van der Waals surface area contributed by atoms with E-state index in [2.05, 4.69) is 15.6 Å². The summed E-state index contributed by atoms with van der Waals surface area (Å²) in [4.78, 5) is 15.3. The lowest BCUT2D eigenvalue weighted by atomic mass is 10.2. The molecule has 0 aromatic rings. The van der Waals surface area contributed by atoms with Crippen LogP contribution in [-0.2, 0) is 9.63 Å². The van der Waals surface area contributed by atoms with Crippen LogP contribution in [0.4, 0.5) is 0 Å². The number of carbonyl (C=O) groups is 1. The lowest BCUT2D eigenvalue weighted by molar-refractivity contribution is -0.117. The first-order chi connectivity index (χ1) is 4.83. The molecule has 0 aromatic heterocycles. The van der Waals surface area contributed by atoms with Gasteiger partial charge in [-0.1, -0.05) is 0 Å². The number of nitrogens with one attached hydrogen (secondary N) is 2. The molecule has 4 heteroatoms. The summed E-state index contributed by atoms with van der Waals surface area (Å²) in [5.74, 6) is -0.0641. The normalized spacial score (nSPS) is 17.7. The zero-order chi connectivity index (χ0) is 7.40. The van der Waals surface area contributed by atoms with Crippen molar-refractivity contribution in [3.63, 3.8) is 0 Å². The van der Waals surface area contributed by atoms with E-state index >= 15 is 0 Å². The predicted molar refractivity (Wildman–Crippen MR) is 35.9 cm³/mol. The van der Waals surface area contributed by atoms with Gasteiger partial charge in [-0.05, 0) is 0 Å². The first-order valence-corrected chi connectivity index (χ1v) is 3.10. The molecule has 0 saturated heterocycles. The summed E-state index contributed by atoms with van der Waals surface area (Å²) in [7, 11) is 1.52. The van der Waals surface area contributed by atoms with Crippen LogP contribution in [0.25, 0.3) is 0 Å². The van der Waals surface area contributed by atoms with E-state index in [1.165, 1.54) is 13.2 Å². The average molecular weight is 142 g/mol. The molecule has 0 aliphatic carbocycles. The summed E-state index contributed by atoms with van der Waals surface area (Å²) >= 11 is 0. The minimum atomic E-state index is -0.0641. The molecule has 1 heterocycles. The van der Waals surface area contributed by atoms with Gasteiger partial charge in [0, 0.05) is 24.7 Å². The molecule has 0 radical (unpaired) electrons. The Kier molecular flexibility index (Phi) is 2.28. The maximum atomic E-state index is 10.7. The molecule has 1 amide bonds. The maximum absolute atomic E-state index is 10.7. The number of hydrogen-bond donors (Lipinski definition) is 2. The van der Waals surface area contributed by atoms with Crippen molar-refractivity contribution in [1.82, 2.24) is 10.8 Å². The van der Waals surface area contributed by atoms with Crippen LogP contribution in [-0.4, -0.2) is 19.6 Å². The molecule has 0 atom stereocenters. The Morgan fingerprint density at radius 3 is 3.20 bits per heavy atom. The summed E-state index contributed by atoms with van der Waals surface area (Å²) in [6.45, 7) is 0.682. The number of rotatable bonds is 2. The highest BCUT2D eigenvalue weighted by atomic mass is 16.6. The fraction of sp³-hybridized carbons (Fsp3) is 0.500. The molecule has 0 unspecified atom stereocenters. The van der Waals surface area contributed by atoms with Crippen LogP contribution in [0.3, 0.4) is 0 Å². The number of amides is 1. The summed E-state index contributed by atoms with van der Waals surface area (Å²) in [6.07, 6.45) is 2.30. The van der Waals surface area contributed by atoms with E-state index in [9.17, 15) is 4.79 Å². The summed E-state index contributed by atoms with van der Waals surface area (Å²) in [5, 5.41) is 2.66. The maximum Gasteiger partial charge on any atom is 0.245 e. The van der Waals surface area contributed by atoms with E-state index in [0.29, 0.717) is 6.54 Å². The van der Waals surface area contributed by atoms with Gasteiger partial charge in [0.15, 0.2) is 0 Å². The standard InChI is InChI=1S/C6H10N2O2/c1-10-8-5-2-3-7-6(9)4-5/h4,8H,2-3H2,1H3,(H,7,9). The zero-order valence-electron chi connectivity index (χ0n) is 5.81. The van der Waals surface area contributed by atoms with E-state index in [4.69, 9.17) is 0 Å². The van der Waals surface area contributed by atoms with Crippen LogP contribution >= 0.6 is 0 Å². The summed E-state index contributed by atoms with van der Waals surface area (Å²) < 4.78 is 0. The highest BCUT2D eigenvalue weighted by Gasteiger charge is 2.06. The lowest BCUT2D eigenvalue weighted by Crippen LogP contribution is -2.30. The van der Waals surface area contributed by atoms with Crippen molar-refractivity contribution in [3.05, 3.63) is 11.8 Å². The number of hydroxylamine groups is 1. The second-order valence-corrected chi connectivity index (χ2v) is 2.02. The van der Waals surface area contributed by atoms with Gasteiger partial charge in [-0.25, -0.2) is 0 Å². The Bertz CT molecular complexity index is 165. The van der Waals surface area contributed by atoms with Crippen molar-refractivity contribution in [1.29, 1.82) is 0 Å². The fourth-order valence-electron chi connectivity index (χ4n) is 0.813. The Morgan fingerprint density at radius 2 is 2.60 bits per heavy atom. The average Bonchev–Trinajstić information content (AvgIpc) is 1.88. The minimum Gasteiger partial charge on any atom is -0.352 e. The van der Waals surface area contributed by atoms with Crippen molar-refractivity contribution in [2.45, 2.75) is 6.42 Å². The molecule has 0 fully saturated rings. The molecule has 1 rings (SSSR count). The molecule has 4 nitrogen and oxygen atoms in total. The van der Waals surface area contributed by atoms with Gasteiger partial charge in [0.25, 0.3) is 0 Å². The highest BCUT2D eigenvalue weighted by molar-refractivity contribution is 5.88. The van der Waals surface area contributed by atoms with Crippen LogP contribution < -0.4 is 10.8 Å². The summed E-state index contributed by atoms with van der Waals surface area (Å²) in [6, 6.07) is 0. The molecule has 1 aliphatic heterocycles. The van der Waals surface area contributed by atoms with E-state index in [1.807, 2.05) is 0 Å². The van der Waals surface area contributed by atoms with Crippen LogP contribution in [0.2, 0.25) is 0 Å². The molecule has 56 valence electrons. The minimum absolute atomic E-state index is 0.0641. The van der Waals surface area contributed by atoms with Gasteiger partial charge in [-0.2, -0.15) is 0 Å².